The van der Waals surface area contributed by atoms with E-state index in [9.17, 15) is 4.79 Å². The molecule has 4 nitrogen and oxygen atoms in total. The van der Waals surface area contributed by atoms with Crippen LogP contribution in [0, 0.1) is 0 Å². The fourth-order valence-corrected chi connectivity index (χ4v) is 2.65. The molecule has 2 heterocycles. The van der Waals surface area contributed by atoms with Gasteiger partial charge in [0, 0.05) is 23.5 Å². The molecule has 3 rings (SSSR count). The topological polar surface area (TPSA) is 56.9 Å². The van der Waals surface area contributed by atoms with Crippen molar-refractivity contribution in [2.24, 2.45) is 0 Å². The van der Waals surface area contributed by atoms with E-state index in [0.717, 1.165) is 30.4 Å². The third-order valence-electron chi connectivity index (χ3n) is 3.72. The van der Waals surface area contributed by atoms with Crippen molar-refractivity contribution in [2.45, 2.75) is 25.3 Å². The standard InChI is InChI=1S/C15H19N3O/c19-15(17-9-7-12-5-3-8-16-12)14-10-11-4-1-2-6-13(11)18-14/h1-2,4,6,10,12,16,18H,3,5,7-9H2,(H,17,19). The van der Waals surface area contributed by atoms with Gasteiger partial charge >= 0.3 is 0 Å². The van der Waals surface area contributed by atoms with Gasteiger partial charge in [-0.15, -0.1) is 0 Å². The summed E-state index contributed by atoms with van der Waals surface area (Å²) >= 11 is 0. The number of H-pyrrole nitrogens is 1. The Bertz CT molecular complexity index is 537. The quantitative estimate of drug-likeness (QED) is 0.785. The van der Waals surface area contributed by atoms with Crippen molar-refractivity contribution in [1.82, 2.24) is 15.6 Å². The van der Waals surface area contributed by atoms with Gasteiger partial charge in [0.05, 0.1) is 0 Å². The first-order valence-corrected chi connectivity index (χ1v) is 6.92. The second-order valence-corrected chi connectivity index (χ2v) is 5.11. The van der Waals surface area contributed by atoms with Gasteiger partial charge in [-0.05, 0) is 37.9 Å². The molecule has 1 aliphatic rings. The van der Waals surface area contributed by atoms with E-state index in [2.05, 4.69) is 15.6 Å². The molecule has 0 spiro atoms. The lowest BCUT2D eigenvalue weighted by Crippen LogP contribution is -2.30. The lowest BCUT2D eigenvalue weighted by molar-refractivity contribution is 0.0948. The molecule has 1 aromatic heterocycles. The summed E-state index contributed by atoms with van der Waals surface area (Å²) in [6, 6.07) is 10.4. The minimum atomic E-state index is -0.0193. The number of hydrogen-bond donors (Lipinski definition) is 3. The van der Waals surface area contributed by atoms with Crippen LogP contribution < -0.4 is 10.6 Å². The van der Waals surface area contributed by atoms with Crippen molar-refractivity contribution in [3.8, 4) is 0 Å². The van der Waals surface area contributed by atoms with Crippen LogP contribution in [-0.2, 0) is 0 Å². The predicted octanol–water partition coefficient (Wildman–Crippen LogP) is 2.04. The fourth-order valence-electron chi connectivity index (χ4n) is 2.65. The van der Waals surface area contributed by atoms with Crippen LogP contribution >= 0.6 is 0 Å². The van der Waals surface area contributed by atoms with E-state index in [0.29, 0.717) is 11.7 Å². The molecule has 1 atom stereocenters. The zero-order chi connectivity index (χ0) is 13.1. The van der Waals surface area contributed by atoms with E-state index in [1.54, 1.807) is 0 Å². The zero-order valence-electron chi connectivity index (χ0n) is 10.9. The lowest BCUT2D eigenvalue weighted by Gasteiger charge is -2.10. The Morgan fingerprint density at radius 2 is 2.26 bits per heavy atom. The predicted molar refractivity (Wildman–Crippen MR) is 76.3 cm³/mol. The Hall–Kier alpha value is -1.81. The van der Waals surface area contributed by atoms with Gasteiger partial charge in [0.15, 0.2) is 0 Å². The third kappa shape index (κ3) is 2.79. The molecular weight excluding hydrogens is 238 g/mol. The Morgan fingerprint density at radius 1 is 1.37 bits per heavy atom. The minimum Gasteiger partial charge on any atom is -0.351 e. The Kier molecular flexibility index (Phi) is 3.51. The molecule has 19 heavy (non-hydrogen) atoms. The summed E-state index contributed by atoms with van der Waals surface area (Å²) < 4.78 is 0. The zero-order valence-corrected chi connectivity index (χ0v) is 10.9. The summed E-state index contributed by atoms with van der Waals surface area (Å²) in [5, 5.41) is 7.48. The first-order valence-electron chi connectivity index (χ1n) is 6.92. The van der Waals surface area contributed by atoms with Crippen LogP contribution in [0.25, 0.3) is 10.9 Å². The number of rotatable bonds is 4. The molecule has 1 unspecified atom stereocenters. The van der Waals surface area contributed by atoms with Gasteiger partial charge in [-0.2, -0.15) is 0 Å². The van der Waals surface area contributed by atoms with Gasteiger partial charge in [-0.3, -0.25) is 4.79 Å². The summed E-state index contributed by atoms with van der Waals surface area (Å²) in [6.07, 6.45) is 3.48. The highest BCUT2D eigenvalue weighted by Gasteiger charge is 2.14. The van der Waals surface area contributed by atoms with Gasteiger partial charge in [0.1, 0.15) is 5.69 Å². The van der Waals surface area contributed by atoms with E-state index in [4.69, 9.17) is 0 Å². The molecular formula is C15H19N3O. The summed E-state index contributed by atoms with van der Waals surface area (Å²) in [5.41, 5.74) is 1.64. The van der Waals surface area contributed by atoms with Gasteiger partial charge in [0.2, 0.25) is 0 Å². The molecule has 1 amide bonds. The normalized spacial score (nSPS) is 18.8. The smallest absolute Gasteiger partial charge is 0.267 e. The molecule has 0 radical (unpaired) electrons. The van der Waals surface area contributed by atoms with Crippen molar-refractivity contribution in [2.75, 3.05) is 13.1 Å². The summed E-state index contributed by atoms with van der Waals surface area (Å²) in [5.74, 6) is -0.0193. The number of carbonyl (C=O) groups excluding carboxylic acids is 1. The molecule has 4 heteroatoms. The Balaban J connectivity index is 1.57. The SMILES string of the molecule is O=C(NCCC1CCCN1)c1cc2ccccc2[nH]1. The number of para-hydroxylation sites is 1. The first kappa shape index (κ1) is 12.2. The highest BCUT2D eigenvalue weighted by atomic mass is 16.1. The number of benzene rings is 1. The highest BCUT2D eigenvalue weighted by molar-refractivity contribution is 5.97. The van der Waals surface area contributed by atoms with Crippen molar-refractivity contribution < 1.29 is 4.79 Å². The number of nitrogens with one attached hydrogen (secondary N) is 3. The largest absolute Gasteiger partial charge is 0.351 e. The summed E-state index contributed by atoms with van der Waals surface area (Å²) in [6.45, 7) is 1.84. The first-order chi connectivity index (χ1) is 9.33. The van der Waals surface area contributed by atoms with Gasteiger partial charge in [-0.1, -0.05) is 18.2 Å². The monoisotopic (exact) mass is 257 g/mol. The van der Waals surface area contributed by atoms with E-state index < -0.39 is 0 Å². The number of aromatic nitrogens is 1. The van der Waals surface area contributed by atoms with Crippen LogP contribution in [0.15, 0.2) is 30.3 Å². The van der Waals surface area contributed by atoms with Crippen molar-refractivity contribution in [3.63, 3.8) is 0 Å². The average Bonchev–Trinajstić information content (AvgIpc) is 3.07. The molecule has 0 bridgehead atoms. The van der Waals surface area contributed by atoms with Crippen LogP contribution in [0.4, 0.5) is 0 Å². The van der Waals surface area contributed by atoms with Crippen LogP contribution in [0.2, 0.25) is 0 Å². The number of fused-ring (bicyclic) bond motifs is 1. The fraction of sp³-hybridized carbons (Fsp3) is 0.400. The molecule has 0 saturated carbocycles. The number of carbonyl (C=O) groups is 1. The van der Waals surface area contributed by atoms with Crippen molar-refractivity contribution in [1.29, 1.82) is 0 Å². The molecule has 1 fully saturated rings. The number of hydrogen-bond acceptors (Lipinski definition) is 2. The maximum atomic E-state index is 12.0. The maximum Gasteiger partial charge on any atom is 0.267 e. The number of aromatic amines is 1. The van der Waals surface area contributed by atoms with Gasteiger partial charge < -0.3 is 15.6 Å². The van der Waals surface area contributed by atoms with Crippen LogP contribution in [-0.4, -0.2) is 30.0 Å². The van der Waals surface area contributed by atoms with Crippen molar-refractivity contribution in [3.05, 3.63) is 36.0 Å². The molecule has 2 aromatic rings. The third-order valence-corrected chi connectivity index (χ3v) is 3.72. The molecule has 0 aliphatic carbocycles. The molecule has 1 aromatic carbocycles. The molecule has 3 N–H and O–H groups in total. The van der Waals surface area contributed by atoms with Crippen LogP contribution in [0.5, 0.6) is 0 Å². The van der Waals surface area contributed by atoms with Crippen molar-refractivity contribution >= 4 is 16.8 Å². The second-order valence-electron chi connectivity index (χ2n) is 5.11. The highest BCUT2D eigenvalue weighted by Crippen LogP contribution is 2.14. The van der Waals surface area contributed by atoms with Crippen LogP contribution in [0.1, 0.15) is 29.8 Å². The van der Waals surface area contributed by atoms with E-state index >= 15 is 0 Å². The minimum absolute atomic E-state index is 0.0193. The molecule has 100 valence electrons. The average molecular weight is 257 g/mol. The van der Waals surface area contributed by atoms with E-state index in [1.165, 1.54) is 12.8 Å². The van der Waals surface area contributed by atoms with E-state index in [-0.39, 0.29) is 5.91 Å². The molecule has 1 aliphatic heterocycles. The van der Waals surface area contributed by atoms with Crippen LogP contribution in [0.3, 0.4) is 0 Å². The number of amides is 1. The molecule has 1 saturated heterocycles. The van der Waals surface area contributed by atoms with Gasteiger partial charge in [-0.25, -0.2) is 0 Å². The second kappa shape index (κ2) is 5.45. The Labute approximate surface area is 112 Å². The maximum absolute atomic E-state index is 12.0. The lowest BCUT2D eigenvalue weighted by atomic mass is 10.1. The summed E-state index contributed by atoms with van der Waals surface area (Å²) in [7, 11) is 0. The van der Waals surface area contributed by atoms with E-state index in [1.807, 2.05) is 30.3 Å². The Morgan fingerprint density at radius 3 is 3.05 bits per heavy atom. The van der Waals surface area contributed by atoms with Gasteiger partial charge in [0.25, 0.3) is 5.91 Å². The summed E-state index contributed by atoms with van der Waals surface area (Å²) in [4.78, 5) is 15.2.